The molecule has 26 heavy (non-hydrogen) atoms. The van der Waals surface area contributed by atoms with E-state index in [4.69, 9.17) is 0 Å². The summed E-state index contributed by atoms with van der Waals surface area (Å²) in [6, 6.07) is 4.84. The standard InChI is InChI=1S/C20H34N2O3S/c1-7-22(8-2)26(24,25)18-13-12-16(5)19(14-18)20(23)21-17(6)11-9-10-15(3)4/h12-15,17H,7-11H2,1-6H3,(H,21,23). The van der Waals surface area contributed by atoms with Crippen LogP contribution in [0.15, 0.2) is 23.1 Å². The minimum atomic E-state index is -3.57. The third-order valence-electron chi connectivity index (χ3n) is 4.59. The number of hydrogen-bond donors (Lipinski definition) is 1. The molecular weight excluding hydrogens is 348 g/mol. The monoisotopic (exact) mass is 382 g/mol. The number of aryl methyl sites for hydroxylation is 1. The highest BCUT2D eigenvalue weighted by Crippen LogP contribution is 2.20. The number of carbonyl (C=O) groups excluding carboxylic acids is 1. The van der Waals surface area contributed by atoms with Crippen molar-refractivity contribution >= 4 is 15.9 Å². The fraction of sp³-hybridized carbons (Fsp3) is 0.650. The predicted octanol–water partition coefficient (Wildman–Crippen LogP) is 3.97. The van der Waals surface area contributed by atoms with Gasteiger partial charge in [-0.25, -0.2) is 8.42 Å². The number of carbonyl (C=O) groups is 1. The summed E-state index contributed by atoms with van der Waals surface area (Å²) in [5.74, 6) is 0.443. The largest absolute Gasteiger partial charge is 0.350 e. The van der Waals surface area contributed by atoms with Crippen LogP contribution in [0.1, 0.15) is 69.8 Å². The molecule has 1 rings (SSSR count). The minimum absolute atomic E-state index is 0.0590. The number of hydrogen-bond acceptors (Lipinski definition) is 3. The molecule has 0 aliphatic rings. The highest BCUT2D eigenvalue weighted by molar-refractivity contribution is 7.89. The van der Waals surface area contributed by atoms with Crippen molar-refractivity contribution in [2.45, 2.75) is 71.7 Å². The van der Waals surface area contributed by atoms with Gasteiger partial charge in [0.15, 0.2) is 0 Å². The van der Waals surface area contributed by atoms with E-state index in [9.17, 15) is 13.2 Å². The van der Waals surface area contributed by atoms with Gasteiger partial charge in [0.2, 0.25) is 10.0 Å². The Hall–Kier alpha value is -1.40. The first-order valence-corrected chi connectivity index (χ1v) is 11.0. The van der Waals surface area contributed by atoms with E-state index < -0.39 is 10.0 Å². The van der Waals surface area contributed by atoms with Gasteiger partial charge in [-0.2, -0.15) is 4.31 Å². The molecule has 0 saturated carbocycles. The molecule has 6 heteroatoms. The second-order valence-corrected chi connectivity index (χ2v) is 9.20. The lowest BCUT2D eigenvalue weighted by Gasteiger charge is -2.20. The van der Waals surface area contributed by atoms with Gasteiger partial charge in [0.25, 0.3) is 5.91 Å². The molecule has 1 unspecified atom stereocenters. The topological polar surface area (TPSA) is 66.5 Å². The summed E-state index contributed by atoms with van der Waals surface area (Å²) in [5, 5.41) is 3.00. The van der Waals surface area contributed by atoms with Gasteiger partial charge in [0.1, 0.15) is 0 Å². The van der Waals surface area contributed by atoms with Crippen LogP contribution in [-0.4, -0.2) is 37.8 Å². The normalized spacial score (nSPS) is 13.2. The molecule has 0 fully saturated rings. The average Bonchev–Trinajstić information content (AvgIpc) is 2.55. The molecule has 0 spiro atoms. The van der Waals surface area contributed by atoms with Gasteiger partial charge in [-0.3, -0.25) is 4.79 Å². The lowest BCUT2D eigenvalue weighted by atomic mass is 10.0. The van der Waals surface area contributed by atoms with E-state index in [0.717, 1.165) is 24.8 Å². The Balaban J connectivity index is 2.94. The molecule has 0 aliphatic heterocycles. The summed E-state index contributed by atoms with van der Waals surface area (Å²) in [6.07, 6.45) is 3.12. The Bertz CT molecular complexity index is 695. The molecule has 1 aromatic rings. The molecule has 1 N–H and O–H groups in total. The van der Waals surface area contributed by atoms with Crippen LogP contribution in [0.2, 0.25) is 0 Å². The van der Waals surface area contributed by atoms with Crippen molar-refractivity contribution in [1.82, 2.24) is 9.62 Å². The van der Waals surface area contributed by atoms with Crippen LogP contribution in [0, 0.1) is 12.8 Å². The van der Waals surface area contributed by atoms with Crippen LogP contribution in [0.5, 0.6) is 0 Å². The Morgan fingerprint density at radius 2 is 1.73 bits per heavy atom. The van der Waals surface area contributed by atoms with Crippen LogP contribution in [0.4, 0.5) is 0 Å². The van der Waals surface area contributed by atoms with Gasteiger partial charge in [-0.1, -0.05) is 46.6 Å². The molecule has 148 valence electrons. The van der Waals surface area contributed by atoms with Crippen molar-refractivity contribution in [2.24, 2.45) is 5.92 Å². The molecule has 1 amide bonds. The molecule has 5 nitrogen and oxygen atoms in total. The predicted molar refractivity (Wildman–Crippen MR) is 107 cm³/mol. The highest BCUT2D eigenvalue weighted by atomic mass is 32.2. The first-order chi connectivity index (χ1) is 12.1. The van der Waals surface area contributed by atoms with Gasteiger partial charge >= 0.3 is 0 Å². The van der Waals surface area contributed by atoms with Crippen LogP contribution < -0.4 is 5.32 Å². The first kappa shape index (κ1) is 22.6. The van der Waals surface area contributed by atoms with E-state index in [1.54, 1.807) is 12.1 Å². The quantitative estimate of drug-likeness (QED) is 0.666. The van der Waals surface area contributed by atoms with Crippen molar-refractivity contribution in [3.05, 3.63) is 29.3 Å². The third-order valence-corrected chi connectivity index (χ3v) is 6.64. The minimum Gasteiger partial charge on any atom is -0.350 e. The maximum absolute atomic E-state index is 12.7. The molecule has 0 heterocycles. The molecule has 0 saturated heterocycles. The average molecular weight is 383 g/mol. The van der Waals surface area contributed by atoms with Gasteiger partial charge < -0.3 is 5.32 Å². The SMILES string of the molecule is CCN(CC)S(=O)(=O)c1ccc(C)c(C(=O)NC(C)CCCC(C)C)c1. The Kier molecular flexibility index (Phi) is 8.77. The summed E-state index contributed by atoms with van der Waals surface area (Å²) in [4.78, 5) is 12.8. The van der Waals surface area contributed by atoms with Gasteiger partial charge in [-0.15, -0.1) is 0 Å². The van der Waals surface area contributed by atoms with Crippen molar-refractivity contribution in [3.63, 3.8) is 0 Å². The summed E-state index contributed by atoms with van der Waals surface area (Å²) in [6.45, 7) is 12.6. The van der Waals surface area contributed by atoms with E-state index in [1.807, 2.05) is 27.7 Å². The Morgan fingerprint density at radius 1 is 1.12 bits per heavy atom. The second kappa shape index (κ2) is 10.1. The maximum atomic E-state index is 12.7. The Labute approximate surface area is 159 Å². The highest BCUT2D eigenvalue weighted by Gasteiger charge is 2.23. The van der Waals surface area contributed by atoms with Gasteiger partial charge in [0.05, 0.1) is 4.90 Å². The first-order valence-electron chi connectivity index (χ1n) is 9.55. The van der Waals surface area contributed by atoms with Crippen molar-refractivity contribution in [1.29, 1.82) is 0 Å². The zero-order valence-corrected chi connectivity index (χ0v) is 17.8. The summed E-state index contributed by atoms with van der Waals surface area (Å²) >= 11 is 0. The lowest BCUT2D eigenvalue weighted by Crippen LogP contribution is -2.34. The fourth-order valence-electron chi connectivity index (χ4n) is 2.92. The van der Waals surface area contributed by atoms with E-state index in [-0.39, 0.29) is 16.8 Å². The smallest absolute Gasteiger partial charge is 0.251 e. The number of nitrogens with one attached hydrogen (secondary N) is 1. The molecule has 0 bridgehead atoms. The van der Waals surface area contributed by atoms with Crippen molar-refractivity contribution < 1.29 is 13.2 Å². The Morgan fingerprint density at radius 3 is 2.27 bits per heavy atom. The maximum Gasteiger partial charge on any atom is 0.251 e. The second-order valence-electron chi connectivity index (χ2n) is 7.27. The van der Waals surface area contributed by atoms with Crippen LogP contribution in [0.3, 0.4) is 0 Å². The molecule has 0 aliphatic carbocycles. The lowest BCUT2D eigenvalue weighted by molar-refractivity contribution is 0.0937. The zero-order valence-electron chi connectivity index (χ0n) is 17.0. The van der Waals surface area contributed by atoms with Gasteiger partial charge in [0, 0.05) is 24.7 Å². The number of rotatable bonds is 10. The summed E-state index contributed by atoms with van der Waals surface area (Å²) in [7, 11) is -3.57. The number of amides is 1. The molecule has 0 radical (unpaired) electrons. The zero-order chi connectivity index (χ0) is 19.9. The number of nitrogens with zero attached hydrogens (tertiary/aromatic N) is 1. The summed E-state index contributed by atoms with van der Waals surface area (Å²) < 4.78 is 26.8. The third kappa shape index (κ3) is 6.09. The molecule has 1 atom stereocenters. The van der Waals surface area contributed by atoms with Crippen molar-refractivity contribution in [2.75, 3.05) is 13.1 Å². The molecule has 1 aromatic carbocycles. The number of sulfonamides is 1. The van der Waals surface area contributed by atoms with Crippen molar-refractivity contribution in [3.8, 4) is 0 Å². The fourth-order valence-corrected chi connectivity index (χ4v) is 4.41. The number of benzene rings is 1. The van der Waals surface area contributed by atoms with Crippen LogP contribution >= 0.6 is 0 Å². The molecule has 0 aromatic heterocycles. The van der Waals surface area contributed by atoms with E-state index in [2.05, 4.69) is 19.2 Å². The summed E-state index contributed by atoms with van der Waals surface area (Å²) in [5.41, 5.74) is 1.20. The van der Waals surface area contributed by atoms with E-state index in [0.29, 0.717) is 24.6 Å². The van der Waals surface area contributed by atoms with E-state index in [1.165, 1.54) is 10.4 Å². The molecular formula is C20H34N2O3S. The van der Waals surface area contributed by atoms with Crippen LogP contribution in [0.25, 0.3) is 0 Å². The van der Waals surface area contributed by atoms with Gasteiger partial charge in [-0.05, 0) is 43.9 Å². The van der Waals surface area contributed by atoms with E-state index >= 15 is 0 Å². The van der Waals surface area contributed by atoms with Crippen LogP contribution in [-0.2, 0) is 10.0 Å².